The molecule has 0 aliphatic heterocycles. The van der Waals surface area contributed by atoms with Crippen LogP contribution in [0.25, 0.3) is 10.3 Å². The van der Waals surface area contributed by atoms with Crippen LogP contribution in [0.15, 0.2) is 6.07 Å². The molecule has 0 aromatic carbocycles. The minimum absolute atomic E-state index is 0.0415. The highest BCUT2D eigenvalue weighted by Gasteiger charge is 2.17. The molecule has 0 spiro atoms. The van der Waals surface area contributed by atoms with E-state index >= 15 is 0 Å². The van der Waals surface area contributed by atoms with Gasteiger partial charge in [0.25, 0.3) is 0 Å². The van der Waals surface area contributed by atoms with Crippen molar-refractivity contribution in [3.05, 3.63) is 11.8 Å². The van der Waals surface area contributed by atoms with Crippen molar-refractivity contribution in [3.63, 3.8) is 0 Å². The first kappa shape index (κ1) is 11.6. The number of methoxy groups -OCH3 is 1. The molecule has 0 aliphatic rings. The zero-order valence-electron chi connectivity index (χ0n) is 9.39. The van der Waals surface area contributed by atoms with Gasteiger partial charge < -0.3 is 15.2 Å². The molecule has 2 aromatic heterocycles. The van der Waals surface area contributed by atoms with Gasteiger partial charge in [0.2, 0.25) is 0 Å². The highest BCUT2D eigenvalue weighted by molar-refractivity contribution is 7.20. The van der Waals surface area contributed by atoms with Crippen molar-refractivity contribution in [2.45, 2.75) is 6.92 Å². The monoisotopic (exact) mass is 253 g/mol. The van der Waals surface area contributed by atoms with Crippen LogP contribution in [0.3, 0.4) is 0 Å². The van der Waals surface area contributed by atoms with Gasteiger partial charge in [-0.1, -0.05) is 11.3 Å². The third-order valence-electron chi connectivity index (χ3n) is 2.04. The Morgan fingerprint density at radius 3 is 2.94 bits per heavy atom. The molecule has 0 radical (unpaired) electrons. The molecule has 0 amide bonds. The summed E-state index contributed by atoms with van der Waals surface area (Å²) >= 11 is 1.32. The SMILES string of the molecule is CCOC(=O)c1nc2cc(OC)sc2nc1N. The lowest BCUT2D eigenvalue weighted by atomic mass is 10.4. The van der Waals surface area contributed by atoms with E-state index in [0.29, 0.717) is 15.4 Å². The lowest BCUT2D eigenvalue weighted by Crippen LogP contribution is -2.11. The first-order valence-corrected chi connectivity index (χ1v) is 5.75. The van der Waals surface area contributed by atoms with E-state index in [-0.39, 0.29) is 18.1 Å². The van der Waals surface area contributed by atoms with Crippen LogP contribution in [0.1, 0.15) is 17.4 Å². The van der Waals surface area contributed by atoms with Crippen molar-refractivity contribution in [1.29, 1.82) is 0 Å². The summed E-state index contributed by atoms with van der Waals surface area (Å²) in [5, 5.41) is 0.667. The van der Waals surface area contributed by atoms with Crippen LogP contribution in [0.4, 0.5) is 5.82 Å². The second-order valence-corrected chi connectivity index (χ2v) is 4.13. The third-order valence-corrected chi connectivity index (χ3v) is 3.02. The normalized spacial score (nSPS) is 10.5. The van der Waals surface area contributed by atoms with Crippen LogP contribution in [-0.4, -0.2) is 29.7 Å². The fourth-order valence-electron chi connectivity index (χ4n) is 1.30. The highest BCUT2D eigenvalue weighted by atomic mass is 32.1. The molecule has 17 heavy (non-hydrogen) atoms. The smallest absolute Gasteiger partial charge is 0.360 e. The average Bonchev–Trinajstić information content (AvgIpc) is 2.70. The van der Waals surface area contributed by atoms with Crippen molar-refractivity contribution >= 4 is 33.5 Å². The summed E-state index contributed by atoms with van der Waals surface area (Å²) in [7, 11) is 1.56. The van der Waals surface area contributed by atoms with Gasteiger partial charge in [0.1, 0.15) is 10.3 Å². The number of nitrogens with zero attached hydrogens (tertiary/aromatic N) is 2. The lowest BCUT2D eigenvalue weighted by molar-refractivity contribution is 0.0521. The molecule has 0 aliphatic carbocycles. The number of nitrogens with two attached hydrogens (primary N) is 1. The van der Waals surface area contributed by atoms with Crippen LogP contribution in [0, 0.1) is 0 Å². The van der Waals surface area contributed by atoms with E-state index < -0.39 is 5.97 Å². The summed E-state index contributed by atoms with van der Waals surface area (Å²) < 4.78 is 9.91. The fraction of sp³-hybridized carbons (Fsp3) is 0.300. The van der Waals surface area contributed by atoms with Crippen molar-refractivity contribution in [3.8, 4) is 5.06 Å². The van der Waals surface area contributed by atoms with E-state index in [1.807, 2.05) is 0 Å². The van der Waals surface area contributed by atoms with Gasteiger partial charge in [-0.2, -0.15) is 0 Å². The number of nitrogen functional groups attached to an aromatic ring is 1. The average molecular weight is 253 g/mol. The molecule has 90 valence electrons. The van der Waals surface area contributed by atoms with Crippen LogP contribution in [0.5, 0.6) is 5.06 Å². The molecule has 0 fully saturated rings. The number of carbonyl (C=O) groups excluding carboxylic acids is 1. The second kappa shape index (κ2) is 4.54. The summed E-state index contributed by atoms with van der Waals surface area (Å²) in [5.74, 6) is -0.495. The Balaban J connectivity index is 2.50. The molecule has 0 bridgehead atoms. The number of rotatable bonds is 3. The Hall–Kier alpha value is -1.89. The van der Waals surface area contributed by atoms with Crippen molar-refractivity contribution in [2.24, 2.45) is 0 Å². The number of aromatic nitrogens is 2. The number of esters is 1. The van der Waals surface area contributed by atoms with Gasteiger partial charge in [-0.05, 0) is 6.92 Å². The Bertz CT molecular complexity index is 567. The Morgan fingerprint density at radius 2 is 2.29 bits per heavy atom. The summed E-state index contributed by atoms with van der Waals surface area (Å²) in [4.78, 5) is 20.4. The van der Waals surface area contributed by atoms with Crippen molar-refractivity contribution < 1.29 is 14.3 Å². The lowest BCUT2D eigenvalue weighted by Gasteiger charge is -2.02. The molecule has 0 atom stereocenters. The number of anilines is 1. The van der Waals surface area contributed by atoms with Crippen molar-refractivity contribution in [2.75, 3.05) is 19.5 Å². The van der Waals surface area contributed by atoms with Gasteiger partial charge in [0.05, 0.1) is 13.7 Å². The zero-order chi connectivity index (χ0) is 12.4. The van der Waals surface area contributed by atoms with Crippen LogP contribution in [0.2, 0.25) is 0 Å². The topological polar surface area (TPSA) is 87.3 Å². The number of hydrogen-bond donors (Lipinski definition) is 1. The van der Waals surface area contributed by atoms with Gasteiger partial charge in [-0.25, -0.2) is 14.8 Å². The maximum absolute atomic E-state index is 11.6. The quantitative estimate of drug-likeness (QED) is 0.833. The van der Waals surface area contributed by atoms with E-state index in [0.717, 1.165) is 0 Å². The van der Waals surface area contributed by atoms with Crippen LogP contribution >= 0.6 is 11.3 Å². The number of fused-ring (bicyclic) bond motifs is 1. The van der Waals surface area contributed by atoms with E-state index in [2.05, 4.69) is 9.97 Å². The van der Waals surface area contributed by atoms with Crippen LogP contribution < -0.4 is 10.5 Å². The van der Waals surface area contributed by atoms with E-state index in [1.54, 1.807) is 20.1 Å². The number of ether oxygens (including phenoxy) is 2. The van der Waals surface area contributed by atoms with E-state index in [4.69, 9.17) is 15.2 Å². The molecular formula is C10H11N3O3S. The summed E-state index contributed by atoms with van der Waals surface area (Å²) in [5.41, 5.74) is 6.27. The van der Waals surface area contributed by atoms with E-state index in [9.17, 15) is 4.79 Å². The molecule has 2 heterocycles. The number of carbonyl (C=O) groups is 1. The van der Waals surface area contributed by atoms with Gasteiger partial charge >= 0.3 is 5.97 Å². The molecule has 2 aromatic rings. The Kier molecular flexibility index (Phi) is 3.10. The molecule has 2 rings (SSSR count). The largest absolute Gasteiger partial charge is 0.487 e. The first-order chi connectivity index (χ1) is 8.15. The second-order valence-electron chi connectivity index (χ2n) is 3.14. The molecule has 7 heteroatoms. The molecule has 0 unspecified atom stereocenters. The molecular weight excluding hydrogens is 242 g/mol. The predicted octanol–water partition coefficient (Wildman–Crippen LogP) is 1.46. The highest BCUT2D eigenvalue weighted by Crippen LogP contribution is 2.30. The van der Waals surface area contributed by atoms with Crippen molar-refractivity contribution in [1.82, 2.24) is 9.97 Å². The van der Waals surface area contributed by atoms with Gasteiger partial charge in [0, 0.05) is 6.07 Å². The predicted molar refractivity (Wildman–Crippen MR) is 64.3 cm³/mol. The van der Waals surface area contributed by atoms with Gasteiger partial charge in [-0.15, -0.1) is 0 Å². The number of hydrogen-bond acceptors (Lipinski definition) is 7. The molecule has 0 saturated heterocycles. The number of thiophene rings is 1. The standard InChI is InChI=1S/C10H11N3O3S/c1-3-16-10(14)7-8(11)13-9-5(12-7)4-6(15-2)17-9/h4H,3H2,1-2H3,(H2,11,13). The van der Waals surface area contributed by atoms with Crippen LogP contribution in [-0.2, 0) is 4.74 Å². The van der Waals surface area contributed by atoms with Gasteiger partial charge in [-0.3, -0.25) is 0 Å². The summed E-state index contributed by atoms with van der Waals surface area (Å²) in [6.45, 7) is 1.98. The zero-order valence-corrected chi connectivity index (χ0v) is 10.2. The van der Waals surface area contributed by atoms with E-state index in [1.165, 1.54) is 11.3 Å². The fourth-order valence-corrected chi connectivity index (χ4v) is 2.10. The maximum atomic E-state index is 11.6. The Labute approximate surface area is 101 Å². The molecule has 0 saturated carbocycles. The minimum atomic E-state index is -0.565. The Morgan fingerprint density at radius 1 is 1.53 bits per heavy atom. The third kappa shape index (κ3) is 2.14. The van der Waals surface area contributed by atoms with Gasteiger partial charge in [0.15, 0.2) is 16.6 Å². The minimum Gasteiger partial charge on any atom is -0.487 e. The molecule has 6 nitrogen and oxygen atoms in total. The summed E-state index contributed by atoms with van der Waals surface area (Å²) in [6.07, 6.45) is 0. The maximum Gasteiger partial charge on any atom is 0.360 e. The summed E-state index contributed by atoms with van der Waals surface area (Å²) in [6, 6.07) is 1.70. The first-order valence-electron chi connectivity index (χ1n) is 4.94. The molecule has 2 N–H and O–H groups in total.